The van der Waals surface area contributed by atoms with Gasteiger partial charge >= 0.3 is 0 Å². The molecule has 8 aromatic carbocycles. The Hall–Kier alpha value is -7.43. The summed E-state index contributed by atoms with van der Waals surface area (Å²) in [5, 5.41) is 2.15. The first-order valence-electron chi connectivity index (χ1n) is 19.8. The van der Waals surface area contributed by atoms with Gasteiger partial charge in [0, 0.05) is 32.9 Å². The summed E-state index contributed by atoms with van der Waals surface area (Å²) in [6, 6.07) is 66.1. The smallest absolute Gasteiger partial charge is 0.164 e. The van der Waals surface area contributed by atoms with Gasteiger partial charge in [0.25, 0.3) is 0 Å². The number of nitrogens with zero attached hydrogens (tertiary/aromatic N) is 3. The summed E-state index contributed by atoms with van der Waals surface area (Å²) in [5.74, 6) is 1.80. The molecule has 58 heavy (non-hydrogen) atoms. The third kappa shape index (κ3) is 5.64. The number of aromatic nitrogens is 3. The lowest BCUT2D eigenvalue weighted by molar-refractivity contribution is 0.660. The summed E-state index contributed by atoms with van der Waals surface area (Å²) < 4.78 is 6.52. The molecular weight excluding hydrogens is 707 g/mol. The largest absolute Gasteiger partial charge is 0.456 e. The van der Waals surface area contributed by atoms with Crippen LogP contribution in [-0.2, 0) is 5.41 Å². The highest BCUT2D eigenvalue weighted by Gasteiger charge is 2.35. The highest BCUT2D eigenvalue weighted by atomic mass is 16.3. The molecule has 0 fully saturated rings. The van der Waals surface area contributed by atoms with Gasteiger partial charge in [-0.3, -0.25) is 0 Å². The molecule has 0 saturated carbocycles. The average molecular weight is 744 g/mol. The van der Waals surface area contributed by atoms with Crippen molar-refractivity contribution in [1.29, 1.82) is 0 Å². The molecule has 0 N–H and O–H groups in total. The zero-order chi connectivity index (χ0) is 38.8. The molecule has 0 radical (unpaired) electrons. The Morgan fingerprint density at radius 1 is 0.345 bits per heavy atom. The minimum absolute atomic E-state index is 0.0856. The van der Waals surface area contributed by atoms with Crippen molar-refractivity contribution in [1.82, 2.24) is 15.0 Å². The van der Waals surface area contributed by atoms with Gasteiger partial charge in [-0.15, -0.1) is 0 Å². The number of furan rings is 1. The van der Waals surface area contributed by atoms with Crippen molar-refractivity contribution < 1.29 is 4.42 Å². The number of hydrogen-bond donors (Lipinski definition) is 0. The summed E-state index contributed by atoms with van der Waals surface area (Å²) in [7, 11) is 0. The van der Waals surface area contributed by atoms with Crippen molar-refractivity contribution in [2.75, 3.05) is 0 Å². The Morgan fingerprint density at radius 3 is 1.64 bits per heavy atom. The number of hydrogen-bond acceptors (Lipinski definition) is 4. The molecule has 1 aliphatic carbocycles. The number of benzene rings is 8. The second-order valence-electron chi connectivity index (χ2n) is 15.6. The molecule has 0 amide bonds. The Morgan fingerprint density at radius 2 is 0.862 bits per heavy atom. The van der Waals surface area contributed by atoms with Gasteiger partial charge < -0.3 is 4.42 Å². The Balaban J connectivity index is 1.03. The fourth-order valence-corrected chi connectivity index (χ4v) is 8.75. The Labute approximate surface area is 337 Å². The highest BCUT2D eigenvalue weighted by Crippen LogP contribution is 2.49. The molecule has 0 atom stereocenters. The van der Waals surface area contributed by atoms with Crippen LogP contribution in [0.1, 0.15) is 25.0 Å². The van der Waals surface area contributed by atoms with Gasteiger partial charge in [0.1, 0.15) is 11.2 Å². The van der Waals surface area contributed by atoms with Gasteiger partial charge in [-0.05, 0) is 86.0 Å². The summed E-state index contributed by atoms with van der Waals surface area (Å²) >= 11 is 0. The second kappa shape index (κ2) is 13.4. The molecular formula is C54H37N3O. The fraction of sp³-hybridized carbons (Fsp3) is 0.0556. The monoisotopic (exact) mass is 743 g/mol. The molecule has 0 aliphatic heterocycles. The van der Waals surface area contributed by atoms with E-state index in [-0.39, 0.29) is 5.41 Å². The van der Waals surface area contributed by atoms with E-state index in [0.29, 0.717) is 17.5 Å². The maximum Gasteiger partial charge on any atom is 0.164 e. The van der Waals surface area contributed by atoms with Crippen LogP contribution in [0.15, 0.2) is 192 Å². The van der Waals surface area contributed by atoms with Gasteiger partial charge in [-0.25, -0.2) is 15.0 Å². The molecule has 4 nitrogen and oxygen atoms in total. The molecule has 1 aliphatic rings. The van der Waals surface area contributed by atoms with E-state index in [1.54, 1.807) is 0 Å². The molecule has 10 aromatic rings. The number of rotatable bonds is 6. The summed E-state index contributed by atoms with van der Waals surface area (Å²) in [5.41, 5.74) is 16.5. The number of fused-ring (bicyclic) bond motifs is 6. The normalized spacial score (nSPS) is 12.8. The van der Waals surface area contributed by atoms with Crippen LogP contribution in [0, 0.1) is 0 Å². The van der Waals surface area contributed by atoms with Crippen molar-refractivity contribution in [2.24, 2.45) is 0 Å². The first kappa shape index (κ1) is 33.9. The Kier molecular flexibility index (Phi) is 7.80. The molecule has 0 spiro atoms. The zero-order valence-electron chi connectivity index (χ0n) is 32.1. The van der Waals surface area contributed by atoms with Crippen molar-refractivity contribution in [3.8, 4) is 78.7 Å². The van der Waals surface area contributed by atoms with Crippen molar-refractivity contribution in [2.45, 2.75) is 19.3 Å². The average Bonchev–Trinajstić information content (AvgIpc) is 3.78. The lowest BCUT2D eigenvalue weighted by Gasteiger charge is -2.22. The van der Waals surface area contributed by atoms with Crippen molar-refractivity contribution in [3.05, 3.63) is 199 Å². The third-order valence-electron chi connectivity index (χ3n) is 11.8. The molecule has 0 saturated heterocycles. The third-order valence-corrected chi connectivity index (χ3v) is 11.8. The van der Waals surface area contributed by atoms with E-state index >= 15 is 0 Å². The topological polar surface area (TPSA) is 51.8 Å². The quantitative estimate of drug-likeness (QED) is 0.170. The van der Waals surface area contributed by atoms with E-state index in [1.807, 2.05) is 18.2 Å². The summed E-state index contributed by atoms with van der Waals surface area (Å²) in [6.45, 7) is 4.64. The van der Waals surface area contributed by atoms with Crippen LogP contribution in [0.3, 0.4) is 0 Å². The molecule has 4 heteroatoms. The fourth-order valence-electron chi connectivity index (χ4n) is 8.75. The van der Waals surface area contributed by atoms with Crippen LogP contribution in [0.2, 0.25) is 0 Å². The predicted octanol–water partition coefficient (Wildman–Crippen LogP) is 14.1. The van der Waals surface area contributed by atoms with Crippen molar-refractivity contribution in [3.63, 3.8) is 0 Å². The standard InChI is InChI=1S/C54H37N3O/c1-54(2)46-21-10-9-19-43(46)44-29-27-39(32-47(44)54)38-17-11-18-40(31-38)52-55-51(37-25-23-35(24-26-37)34-13-5-3-6-14-34)56-53(57-52)41-28-30-45-49(33-41)58-48-22-12-20-42(50(45)48)36-15-7-4-8-16-36/h3-33H,1-2H3. The van der Waals surface area contributed by atoms with Gasteiger partial charge in [0.05, 0.1) is 0 Å². The SMILES string of the molecule is CC1(C)c2ccccc2-c2ccc(-c3cccc(-c4nc(-c5ccc(-c6ccccc6)cc5)nc(-c5ccc6c(c5)oc5cccc(-c7ccccc7)c56)n4)c3)cc21. The molecule has 2 aromatic heterocycles. The minimum Gasteiger partial charge on any atom is -0.456 e. The molecule has 0 unspecified atom stereocenters. The summed E-state index contributed by atoms with van der Waals surface area (Å²) in [4.78, 5) is 15.4. The first-order chi connectivity index (χ1) is 28.5. The van der Waals surface area contributed by atoms with Crippen LogP contribution in [-0.4, -0.2) is 15.0 Å². The van der Waals surface area contributed by atoms with Crippen molar-refractivity contribution >= 4 is 21.9 Å². The second-order valence-corrected chi connectivity index (χ2v) is 15.6. The molecule has 0 bridgehead atoms. The van der Waals surface area contributed by atoms with E-state index in [2.05, 4.69) is 184 Å². The van der Waals surface area contributed by atoms with Crippen LogP contribution >= 0.6 is 0 Å². The lowest BCUT2D eigenvalue weighted by Crippen LogP contribution is -2.14. The van der Waals surface area contributed by atoms with Crippen LogP contribution in [0.25, 0.3) is 101 Å². The molecule has 11 rings (SSSR count). The van der Waals surface area contributed by atoms with Crippen LogP contribution < -0.4 is 0 Å². The van der Waals surface area contributed by atoms with E-state index < -0.39 is 0 Å². The van der Waals surface area contributed by atoms with Gasteiger partial charge in [-0.1, -0.05) is 172 Å². The van der Waals surface area contributed by atoms with Gasteiger partial charge in [0.2, 0.25) is 0 Å². The maximum atomic E-state index is 6.52. The van der Waals surface area contributed by atoms with Crippen LogP contribution in [0.5, 0.6) is 0 Å². The maximum absolute atomic E-state index is 6.52. The first-order valence-corrected chi connectivity index (χ1v) is 19.8. The molecule has 2 heterocycles. The zero-order valence-corrected chi connectivity index (χ0v) is 32.1. The minimum atomic E-state index is -0.0856. The van der Waals surface area contributed by atoms with E-state index in [4.69, 9.17) is 19.4 Å². The van der Waals surface area contributed by atoms with E-state index in [9.17, 15) is 0 Å². The highest BCUT2D eigenvalue weighted by molar-refractivity contribution is 6.13. The van der Waals surface area contributed by atoms with E-state index in [0.717, 1.165) is 72.0 Å². The Bertz CT molecular complexity index is 3180. The lowest BCUT2D eigenvalue weighted by atomic mass is 9.81. The van der Waals surface area contributed by atoms with E-state index in [1.165, 1.54) is 22.3 Å². The molecule has 274 valence electrons. The van der Waals surface area contributed by atoms with Gasteiger partial charge in [0.15, 0.2) is 17.5 Å². The van der Waals surface area contributed by atoms with Gasteiger partial charge in [-0.2, -0.15) is 0 Å². The predicted molar refractivity (Wildman–Crippen MR) is 237 cm³/mol. The van der Waals surface area contributed by atoms with Crippen LogP contribution in [0.4, 0.5) is 0 Å². The summed E-state index contributed by atoms with van der Waals surface area (Å²) in [6.07, 6.45) is 0.